The number of aromatic nitrogens is 3. The maximum Gasteiger partial charge on any atom is 0.573 e. The van der Waals surface area contributed by atoms with Crippen molar-refractivity contribution in [3.05, 3.63) is 94.9 Å². The van der Waals surface area contributed by atoms with E-state index in [1.54, 1.807) is 6.92 Å². The Balaban J connectivity index is 1.28. The van der Waals surface area contributed by atoms with Crippen molar-refractivity contribution in [3.63, 3.8) is 0 Å². The van der Waals surface area contributed by atoms with Crippen LogP contribution in [0.15, 0.2) is 77.7 Å². The first-order valence-corrected chi connectivity index (χ1v) is 14.8. The number of alkyl halides is 3. The van der Waals surface area contributed by atoms with E-state index in [0.29, 0.717) is 22.4 Å². The van der Waals surface area contributed by atoms with Crippen LogP contribution in [0.3, 0.4) is 0 Å². The van der Waals surface area contributed by atoms with Gasteiger partial charge in [-0.1, -0.05) is 53.7 Å². The lowest BCUT2D eigenvalue weighted by Gasteiger charge is -2.21. The maximum atomic E-state index is 12.9. The van der Waals surface area contributed by atoms with Crippen molar-refractivity contribution in [2.24, 2.45) is 4.99 Å². The predicted octanol–water partition coefficient (Wildman–Crippen LogP) is 7.35. The molecule has 13 heteroatoms. The molecule has 1 aliphatic heterocycles. The topological polar surface area (TPSA) is 102 Å². The van der Waals surface area contributed by atoms with Crippen molar-refractivity contribution in [2.45, 2.75) is 41.0 Å². The number of amides is 3. The Morgan fingerprint density at radius 3 is 2.27 bits per heavy atom. The molecule has 0 unspecified atom stereocenters. The summed E-state index contributed by atoms with van der Waals surface area (Å²) in [6.45, 7) is 9.51. The minimum atomic E-state index is -4.77. The van der Waals surface area contributed by atoms with Gasteiger partial charge in [0.25, 0.3) is 0 Å². The summed E-state index contributed by atoms with van der Waals surface area (Å²) in [4.78, 5) is 35.8. The molecule has 1 N–H and O–H groups in total. The number of amidine groups is 1. The third kappa shape index (κ3) is 7.26. The number of hydrogen-bond acceptors (Lipinski definition) is 6. The summed E-state index contributed by atoms with van der Waals surface area (Å²) in [6.07, 6.45) is -3.30. The maximum absolute atomic E-state index is 12.9. The fourth-order valence-corrected chi connectivity index (χ4v) is 5.82. The van der Waals surface area contributed by atoms with E-state index in [0.717, 1.165) is 39.1 Å². The van der Waals surface area contributed by atoms with Gasteiger partial charge in [-0.2, -0.15) is 4.99 Å². The van der Waals surface area contributed by atoms with Crippen LogP contribution in [0.2, 0.25) is 0 Å². The van der Waals surface area contributed by atoms with Crippen molar-refractivity contribution in [3.8, 4) is 22.8 Å². The Morgan fingerprint density at radius 1 is 1.00 bits per heavy atom. The first-order chi connectivity index (χ1) is 21.3. The van der Waals surface area contributed by atoms with Crippen molar-refractivity contribution >= 4 is 40.1 Å². The molecule has 3 amide bonds. The number of aryl methyl sites for hydroxylation is 3. The Labute approximate surface area is 261 Å². The largest absolute Gasteiger partial charge is 0.573 e. The number of nitrogens with zero attached hydrogens (tertiary/aromatic N) is 5. The summed E-state index contributed by atoms with van der Waals surface area (Å²) < 4.78 is 42.6. The predicted molar refractivity (Wildman–Crippen MR) is 168 cm³/mol. The summed E-state index contributed by atoms with van der Waals surface area (Å²) in [7, 11) is 0. The standard InChI is InChI=1S/C32H29F3N6O3S/c1-18-14-19(2)28(20(3)15-18)41-27(42)16-45-31(41)38-30(43)37-22(5)21(4)23-6-8-24(9-7-23)29-36-17-40(39-29)25-10-12-26(13-11-25)44-32(33,34)35/h6-15,17H,16H2,1-5H3,(H,37,43)/b22-21+,38-31-. The molecule has 0 spiro atoms. The number of thioether (sulfide) groups is 1. The van der Waals surface area contributed by atoms with E-state index < -0.39 is 12.4 Å². The van der Waals surface area contributed by atoms with Gasteiger partial charge < -0.3 is 10.1 Å². The molecule has 232 valence electrons. The van der Waals surface area contributed by atoms with Gasteiger partial charge in [0, 0.05) is 11.3 Å². The normalized spacial score (nSPS) is 15.0. The summed E-state index contributed by atoms with van der Waals surface area (Å²) in [5.74, 6) is 0.172. The molecule has 0 saturated carbocycles. The number of urea groups is 1. The fraction of sp³-hybridized carbons (Fsp3) is 0.219. The number of carbonyl (C=O) groups is 2. The zero-order chi connectivity index (χ0) is 32.5. The fourth-order valence-electron chi connectivity index (χ4n) is 4.96. The van der Waals surface area contributed by atoms with Gasteiger partial charge in [-0.15, -0.1) is 18.3 Å². The highest BCUT2D eigenvalue weighted by Crippen LogP contribution is 2.33. The number of aliphatic imine (C=N–C) groups is 1. The molecule has 5 rings (SSSR count). The highest BCUT2D eigenvalue weighted by molar-refractivity contribution is 8.15. The molecule has 0 atom stereocenters. The van der Waals surface area contributed by atoms with Crippen molar-refractivity contribution in [2.75, 3.05) is 10.7 Å². The van der Waals surface area contributed by atoms with Gasteiger partial charge in [-0.05, 0) is 81.1 Å². The van der Waals surface area contributed by atoms with Crippen LogP contribution in [-0.2, 0) is 4.79 Å². The highest BCUT2D eigenvalue weighted by Gasteiger charge is 2.33. The van der Waals surface area contributed by atoms with Gasteiger partial charge in [0.15, 0.2) is 11.0 Å². The minimum absolute atomic E-state index is 0.127. The van der Waals surface area contributed by atoms with Crippen LogP contribution in [0.4, 0.5) is 23.7 Å². The van der Waals surface area contributed by atoms with Crippen LogP contribution in [0.5, 0.6) is 5.75 Å². The van der Waals surface area contributed by atoms with Gasteiger partial charge in [-0.3, -0.25) is 9.69 Å². The molecule has 9 nitrogen and oxygen atoms in total. The quantitative estimate of drug-likeness (QED) is 0.238. The lowest BCUT2D eigenvalue weighted by Crippen LogP contribution is -2.32. The Morgan fingerprint density at radius 2 is 1.64 bits per heavy atom. The Hall–Kier alpha value is -4.91. The second-order valence-electron chi connectivity index (χ2n) is 10.5. The Bertz CT molecular complexity index is 1810. The first-order valence-electron chi connectivity index (χ1n) is 13.8. The van der Waals surface area contributed by atoms with E-state index in [1.165, 1.54) is 51.9 Å². The highest BCUT2D eigenvalue weighted by atomic mass is 32.2. The molecule has 4 aromatic rings. The number of carbonyl (C=O) groups excluding carboxylic acids is 2. The molecule has 0 bridgehead atoms. The second kappa shape index (κ2) is 12.6. The molecule has 1 fully saturated rings. The van der Waals surface area contributed by atoms with E-state index >= 15 is 0 Å². The number of ether oxygens (including phenoxy) is 1. The summed E-state index contributed by atoms with van der Waals surface area (Å²) in [5, 5.41) is 7.58. The van der Waals surface area contributed by atoms with Crippen LogP contribution in [0.1, 0.15) is 36.1 Å². The Kier molecular flexibility index (Phi) is 8.82. The van der Waals surface area contributed by atoms with Gasteiger partial charge in [0.1, 0.15) is 12.1 Å². The van der Waals surface area contributed by atoms with Gasteiger partial charge in [-0.25, -0.2) is 14.5 Å². The zero-order valence-electron chi connectivity index (χ0n) is 25.1. The number of rotatable bonds is 6. The number of benzene rings is 3. The molecule has 1 aromatic heterocycles. The molecular formula is C32H29F3N6O3S. The van der Waals surface area contributed by atoms with E-state index in [2.05, 4.69) is 25.1 Å². The van der Waals surface area contributed by atoms with Gasteiger partial charge >= 0.3 is 12.4 Å². The van der Waals surface area contributed by atoms with Crippen LogP contribution in [0, 0.1) is 20.8 Å². The van der Waals surface area contributed by atoms with Crippen LogP contribution < -0.4 is 15.0 Å². The van der Waals surface area contributed by atoms with Crippen molar-refractivity contribution in [1.82, 2.24) is 20.1 Å². The summed E-state index contributed by atoms with van der Waals surface area (Å²) in [6, 6.07) is 16.1. The molecule has 1 aliphatic rings. The van der Waals surface area contributed by atoms with Crippen LogP contribution in [0.25, 0.3) is 22.6 Å². The monoisotopic (exact) mass is 634 g/mol. The number of anilines is 1. The zero-order valence-corrected chi connectivity index (χ0v) is 25.9. The number of halogens is 3. The number of nitrogens with one attached hydrogen (secondary N) is 1. The third-order valence-electron chi connectivity index (χ3n) is 7.08. The average Bonchev–Trinajstić information content (AvgIpc) is 3.59. The number of allylic oxidation sites excluding steroid dienone is 2. The van der Waals surface area contributed by atoms with Crippen molar-refractivity contribution < 1.29 is 27.5 Å². The lowest BCUT2D eigenvalue weighted by atomic mass is 10.0. The SMILES string of the molecule is C/C(NC(=O)/N=C1\SCC(=O)N1c1c(C)cc(C)cc1C)=C(/C)c1ccc(-c2ncn(-c3ccc(OC(F)(F)F)cc3)n2)cc1. The third-order valence-corrected chi connectivity index (χ3v) is 8.00. The molecule has 2 heterocycles. The first kappa shape index (κ1) is 31.5. The van der Waals surface area contributed by atoms with Gasteiger partial charge in [0.2, 0.25) is 5.91 Å². The number of hydrogen-bond donors (Lipinski definition) is 1. The van der Waals surface area contributed by atoms with Crippen LogP contribution >= 0.6 is 11.8 Å². The minimum Gasteiger partial charge on any atom is -0.406 e. The lowest BCUT2D eigenvalue weighted by molar-refractivity contribution is -0.274. The molecular weight excluding hydrogens is 605 g/mol. The summed E-state index contributed by atoms with van der Waals surface area (Å²) >= 11 is 1.23. The van der Waals surface area contributed by atoms with E-state index in [-0.39, 0.29) is 17.4 Å². The molecule has 45 heavy (non-hydrogen) atoms. The second-order valence-corrected chi connectivity index (χ2v) is 11.4. The van der Waals surface area contributed by atoms with E-state index in [9.17, 15) is 22.8 Å². The molecule has 1 saturated heterocycles. The molecule has 0 radical (unpaired) electrons. The summed E-state index contributed by atoms with van der Waals surface area (Å²) in [5.41, 5.74) is 7.20. The molecule has 0 aliphatic carbocycles. The average molecular weight is 635 g/mol. The van der Waals surface area contributed by atoms with Gasteiger partial charge in [0.05, 0.1) is 17.1 Å². The van der Waals surface area contributed by atoms with E-state index in [4.69, 9.17) is 0 Å². The molecule has 3 aromatic carbocycles. The smallest absolute Gasteiger partial charge is 0.406 e. The van der Waals surface area contributed by atoms with Crippen LogP contribution in [-0.4, -0.2) is 44.0 Å². The van der Waals surface area contributed by atoms with E-state index in [1.807, 2.05) is 64.1 Å². The van der Waals surface area contributed by atoms with Crippen molar-refractivity contribution in [1.29, 1.82) is 0 Å².